The predicted octanol–water partition coefficient (Wildman–Crippen LogP) is 2.68. The lowest BCUT2D eigenvalue weighted by Gasteiger charge is -2.43. The van der Waals surface area contributed by atoms with E-state index in [-0.39, 0.29) is 5.92 Å². The lowest BCUT2D eigenvalue weighted by molar-refractivity contribution is -0.123. The predicted molar refractivity (Wildman–Crippen MR) is 101 cm³/mol. The van der Waals surface area contributed by atoms with Crippen molar-refractivity contribution in [3.05, 3.63) is 53.9 Å². The molecule has 0 saturated carbocycles. The zero-order chi connectivity index (χ0) is 18.0. The minimum absolute atomic E-state index is 0.193. The number of rotatable bonds is 5. The summed E-state index contributed by atoms with van der Waals surface area (Å²) in [5, 5.41) is 15.4. The van der Waals surface area contributed by atoms with Gasteiger partial charge in [-0.25, -0.2) is 0 Å². The monoisotopic (exact) mass is 355 g/mol. The fourth-order valence-electron chi connectivity index (χ4n) is 4.46. The standard InChI is InChI=1S/C21H29N3O2/c1-21(25)9-11-26-16-19(21)20-8-5-10-23(20)13-18-12-22-24(15-18)14-17-6-3-2-4-7-17/h2-4,6-7,12,15,19-20,25H,5,8-11,13-14,16H2,1H3/t19-,20+,21-/m0/s1. The number of nitrogens with zero attached hydrogens (tertiary/aromatic N) is 3. The Labute approximate surface area is 155 Å². The Morgan fingerprint density at radius 1 is 1.23 bits per heavy atom. The summed E-state index contributed by atoms with van der Waals surface area (Å²) >= 11 is 0. The molecule has 4 rings (SSSR count). The van der Waals surface area contributed by atoms with Crippen molar-refractivity contribution in [2.45, 2.75) is 50.9 Å². The van der Waals surface area contributed by atoms with Crippen LogP contribution in [0, 0.1) is 5.92 Å². The van der Waals surface area contributed by atoms with Crippen LogP contribution in [0.2, 0.25) is 0 Å². The van der Waals surface area contributed by atoms with Crippen LogP contribution in [0.5, 0.6) is 0 Å². The zero-order valence-electron chi connectivity index (χ0n) is 15.6. The molecule has 140 valence electrons. The third kappa shape index (κ3) is 3.85. The number of hydrogen-bond donors (Lipinski definition) is 1. The smallest absolute Gasteiger partial charge is 0.0706 e. The van der Waals surface area contributed by atoms with Crippen molar-refractivity contribution in [2.75, 3.05) is 19.8 Å². The molecule has 5 nitrogen and oxygen atoms in total. The van der Waals surface area contributed by atoms with E-state index in [1.807, 2.05) is 23.9 Å². The van der Waals surface area contributed by atoms with Gasteiger partial charge in [-0.2, -0.15) is 5.10 Å². The number of ether oxygens (including phenoxy) is 1. The van der Waals surface area contributed by atoms with Crippen LogP contribution in [0.3, 0.4) is 0 Å². The third-order valence-corrected chi connectivity index (χ3v) is 5.99. The number of benzene rings is 1. The van der Waals surface area contributed by atoms with Crippen molar-refractivity contribution >= 4 is 0 Å². The molecule has 2 aliphatic heterocycles. The molecule has 0 radical (unpaired) electrons. The van der Waals surface area contributed by atoms with Crippen LogP contribution in [0.4, 0.5) is 0 Å². The summed E-state index contributed by atoms with van der Waals surface area (Å²) in [6.45, 7) is 6.10. The molecule has 3 heterocycles. The van der Waals surface area contributed by atoms with Crippen molar-refractivity contribution in [1.82, 2.24) is 14.7 Å². The van der Waals surface area contributed by atoms with Gasteiger partial charge in [-0.15, -0.1) is 0 Å². The third-order valence-electron chi connectivity index (χ3n) is 5.99. The van der Waals surface area contributed by atoms with Gasteiger partial charge < -0.3 is 9.84 Å². The molecule has 2 aromatic rings. The fraction of sp³-hybridized carbons (Fsp3) is 0.571. The summed E-state index contributed by atoms with van der Waals surface area (Å²) in [6.07, 6.45) is 7.19. The molecule has 1 N–H and O–H groups in total. The number of aliphatic hydroxyl groups is 1. The van der Waals surface area contributed by atoms with Gasteiger partial charge in [0.25, 0.3) is 0 Å². The first-order chi connectivity index (χ1) is 12.6. The highest BCUT2D eigenvalue weighted by atomic mass is 16.5. The van der Waals surface area contributed by atoms with Crippen LogP contribution in [0.25, 0.3) is 0 Å². The summed E-state index contributed by atoms with van der Waals surface area (Å²) in [6, 6.07) is 10.8. The lowest BCUT2D eigenvalue weighted by Crippen LogP contribution is -2.52. The Morgan fingerprint density at radius 3 is 2.88 bits per heavy atom. The summed E-state index contributed by atoms with van der Waals surface area (Å²) in [5.74, 6) is 0.193. The first-order valence-corrected chi connectivity index (χ1v) is 9.71. The second kappa shape index (κ2) is 7.51. The first kappa shape index (κ1) is 17.7. The summed E-state index contributed by atoms with van der Waals surface area (Å²) in [7, 11) is 0. The SMILES string of the molecule is C[C@]1(O)CCOC[C@H]1[C@H]1CCCN1Cc1cnn(Cc2ccccc2)c1. The van der Waals surface area contributed by atoms with Crippen molar-refractivity contribution in [3.8, 4) is 0 Å². The highest BCUT2D eigenvalue weighted by Crippen LogP contribution is 2.36. The van der Waals surface area contributed by atoms with Gasteiger partial charge in [-0.05, 0) is 38.3 Å². The highest BCUT2D eigenvalue weighted by Gasteiger charge is 2.43. The average Bonchev–Trinajstić information content (AvgIpc) is 3.25. The molecule has 2 saturated heterocycles. The van der Waals surface area contributed by atoms with E-state index in [1.54, 1.807) is 0 Å². The Bertz CT molecular complexity index is 713. The Morgan fingerprint density at radius 2 is 2.08 bits per heavy atom. The molecule has 3 atom stereocenters. The molecule has 2 aliphatic rings. The van der Waals surface area contributed by atoms with Gasteiger partial charge in [0.1, 0.15) is 0 Å². The normalized spacial score (nSPS) is 29.9. The van der Waals surface area contributed by atoms with Gasteiger partial charge in [0.15, 0.2) is 0 Å². The van der Waals surface area contributed by atoms with Gasteiger partial charge in [0.2, 0.25) is 0 Å². The van der Waals surface area contributed by atoms with E-state index in [2.05, 4.69) is 40.5 Å². The van der Waals surface area contributed by atoms with Crippen LogP contribution in [-0.2, 0) is 17.8 Å². The molecule has 0 spiro atoms. The van der Waals surface area contributed by atoms with Gasteiger partial charge >= 0.3 is 0 Å². The molecular weight excluding hydrogens is 326 g/mol. The Hall–Kier alpha value is -1.69. The summed E-state index contributed by atoms with van der Waals surface area (Å²) in [4.78, 5) is 2.51. The van der Waals surface area contributed by atoms with Crippen LogP contribution in [0.1, 0.15) is 37.3 Å². The summed E-state index contributed by atoms with van der Waals surface area (Å²) in [5.41, 5.74) is 1.88. The quantitative estimate of drug-likeness (QED) is 0.896. The largest absolute Gasteiger partial charge is 0.390 e. The van der Waals surface area contributed by atoms with E-state index in [4.69, 9.17) is 4.74 Å². The van der Waals surface area contributed by atoms with Gasteiger partial charge in [0.05, 0.1) is 24.9 Å². The Kier molecular flexibility index (Phi) is 5.11. The topological polar surface area (TPSA) is 50.5 Å². The lowest BCUT2D eigenvalue weighted by atomic mass is 9.79. The van der Waals surface area contributed by atoms with E-state index in [0.29, 0.717) is 19.3 Å². The second-order valence-electron chi connectivity index (χ2n) is 8.00. The van der Waals surface area contributed by atoms with Gasteiger partial charge in [0, 0.05) is 36.9 Å². The maximum Gasteiger partial charge on any atom is 0.0706 e. The molecule has 1 aromatic carbocycles. The minimum Gasteiger partial charge on any atom is -0.390 e. The number of likely N-dealkylation sites (tertiary alicyclic amines) is 1. The Balaban J connectivity index is 1.42. The molecule has 0 unspecified atom stereocenters. The van der Waals surface area contributed by atoms with Crippen LogP contribution < -0.4 is 0 Å². The highest BCUT2D eigenvalue weighted by molar-refractivity contribution is 5.15. The van der Waals surface area contributed by atoms with E-state index >= 15 is 0 Å². The maximum atomic E-state index is 10.8. The van der Waals surface area contributed by atoms with Crippen molar-refractivity contribution < 1.29 is 9.84 Å². The average molecular weight is 355 g/mol. The van der Waals surface area contributed by atoms with Crippen molar-refractivity contribution in [3.63, 3.8) is 0 Å². The fourth-order valence-corrected chi connectivity index (χ4v) is 4.46. The number of aromatic nitrogens is 2. The van der Waals surface area contributed by atoms with E-state index in [1.165, 1.54) is 17.5 Å². The maximum absolute atomic E-state index is 10.8. The molecule has 26 heavy (non-hydrogen) atoms. The van der Waals surface area contributed by atoms with E-state index < -0.39 is 5.60 Å². The summed E-state index contributed by atoms with van der Waals surface area (Å²) < 4.78 is 7.71. The molecule has 5 heteroatoms. The molecule has 1 aromatic heterocycles. The van der Waals surface area contributed by atoms with Gasteiger partial charge in [-0.3, -0.25) is 9.58 Å². The van der Waals surface area contributed by atoms with Crippen molar-refractivity contribution in [2.24, 2.45) is 5.92 Å². The van der Waals surface area contributed by atoms with E-state index in [0.717, 1.165) is 32.5 Å². The molecule has 2 fully saturated rings. The second-order valence-corrected chi connectivity index (χ2v) is 8.00. The minimum atomic E-state index is -0.622. The van der Waals surface area contributed by atoms with E-state index in [9.17, 15) is 5.11 Å². The van der Waals surface area contributed by atoms with Gasteiger partial charge in [-0.1, -0.05) is 30.3 Å². The van der Waals surface area contributed by atoms with Crippen LogP contribution in [-0.4, -0.2) is 51.2 Å². The molecule has 0 bridgehead atoms. The van der Waals surface area contributed by atoms with Crippen LogP contribution in [0.15, 0.2) is 42.7 Å². The van der Waals surface area contributed by atoms with Crippen LogP contribution >= 0.6 is 0 Å². The first-order valence-electron chi connectivity index (χ1n) is 9.71. The molecule has 0 amide bonds. The number of hydrogen-bond acceptors (Lipinski definition) is 4. The molecular formula is C21H29N3O2. The zero-order valence-corrected chi connectivity index (χ0v) is 15.6. The van der Waals surface area contributed by atoms with Crippen molar-refractivity contribution in [1.29, 1.82) is 0 Å². The molecule has 0 aliphatic carbocycles.